The van der Waals surface area contributed by atoms with Gasteiger partial charge >= 0.3 is 0 Å². The van der Waals surface area contributed by atoms with E-state index in [1.807, 2.05) is 11.3 Å². The molecule has 8 aromatic rings. The Labute approximate surface area is 266 Å². The Bertz CT molecular complexity index is 2440. The summed E-state index contributed by atoms with van der Waals surface area (Å²) in [6.07, 6.45) is 8.88. The van der Waals surface area contributed by atoms with Crippen molar-refractivity contribution in [2.75, 3.05) is 5.32 Å². The average Bonchev–Trinajstić information content (AvgIpc) is 3.64. The molecule has 0 radical (unpaired) electrons. The molecular weight excluding hydrogens is 565 g/mol. The minimum Gasteiger partial charge on any atom is -0.355 e. The molecule has 0 atom stereocenters. The molecule has 45 heavy (non-hydrogen) atoms. The van der Waals surface area contributed by atoms with Crippen LogP contribution in [0.15, 0.2) is 152 Å². The molecule has 0 aliphatic heterocycles. The van der Waals surface area contributed by atoms with Gasteiger partial charge in [-0.25, -0.2) is 0 Å². The van der Waals surface area contributed by atoms with Crippen molar-refractivity contribution in [1.82, 2.24) is 4.57 Å². The highest BCUT2D eigenvalue weighted by atomic mass is 32.1. The smallest absolute Gasteiger partial charge is 0.0542 e. The highest BCUT2D eigenvalue weighted by Gasteiger charge is 2.18. The first-order chi connectivity index (χ1) is 22.3. The van der Waals surface area contributed by atoms with Gasteiger partial charge in [-0.3, -0.25) is 0 Å². The topological polar surface area (TPSA) is 17.0 Å². The molecular formula is C42H30N2S. The van der Waals surface area contributed by atoms with Crippen LogP contribution < -0.4 is 5.32 Å². The lowest BCUT2D eigenvalue weighted by molar-refractivity contribution is 1.05. The predicted molar refractivity (Wildman–Crippen MR) is 195 cm³/mol. The van der Waals surface area contributed by atoms with Gasteiger partial charge in [-0.2, -0.15) is 0 Å². The van der Waals surface area contributed by atoms with Crippen molar-refractivity contribution < 1.29 is 0 Å². The fourth-order valence-electron chi connectivity index (χ4n) is 6.94. The summed E-state index contributed by atoms with van der Waals surface area (Å²) in [5.41, 5.74) is 11.0. The van der Waals surface area contributed by atoms with Crippen molar-refractivity contribution in [1.29, 1.82) is 0 Å². The maximum Gasteiger partial charge on any atom is 0.0542 e. The van der Waals surface area contributed by atoms with Crippen LogP contribution >= 0.6 is 11.3 Å². The van der Waals surface area contributed by atoms with E-state index in [0.717, 1.165) is 24.2 Å². The Morgan fingerprint density at radius 2 is 1.36 bits per heavy atom. The number of benzene rings is 6. The van der Waals surface area contributed by atoms with Crippen LogP contribution in [0.4, 0.5) is 11.4 Å². The first-order valence-corrected chi connectivity index (χ1v) is 16.4. The van der Waals surface area contributed by atoms with Gasteiger partial charge in [0.1, 0.15) is 0 Å². The third-order valence-electron chi connectivity index (χ3n) is 9.05. The molecule has 0 spiro atoms. The van der Waals surface area contributed by atoms with E-state index in [-0.39, 0.29) is 0 Å². The molecule has 214 valence electrons. The molecule has 3 heteroatoms. The van der Waals surface area contributed by atoms with Crippen LogP contribution in [0.1, 0.15) is 18.4 Å². The summed E-state index contributed by atoms with van der Waals surface area (Å²) in [5, 5.41) is 9.01. The molecule has 1 N–H and O–H groups in total. The zero-order valence-electron chi connectivity index (χ0n) is 24.7. The lowest BCUT2D eigenvalue weighted by Gasteiger charge is -2.14. The zero-order valence-corrected chi connectivity index (χ0v) is 25.5. The summed E-state index contributed by atoms with van der Waals surface area (Å²) in [6, 6.07) is 48.6. The summed E-state index contributed by atoms with van der Waals surface area (Å²) in [5.74, 6) is 0. The molecule has 2 nitrogen and oxygen atoms in total. The van der Waals surface area contributed by atoms with Crippen LogP contribution in [-0.4, -0.2) is 4.57 Å². The number of thiophene rings is 1. The second kappa shape index (κ2) is 10.7. The van der Waals surface area contributed by atoms with Crippen LogP contribution in [0.25, 0.3) is 64.4 Å². The summed E-state index contributed by atoms with van der Waals surface area (Å²) in [6.45, 7) is 0. The van der Waals surface area contributed by atoms with Gasteiger partial charge < -0.3 is 9.88 Å². The molecule has 0 fully saturated rings. The van der Waals surface area contributed by atoms with Crippen LogP contribution in [0.2, 0.25) is 0 Å². The summed E-state index contributed by atoms with van der Waals surface area (Å²) in [7, 11) is 0. The number of para-hydroxylation sites is 1. The first kappa shape index (κ1) is 26.1. The van der Waals surface area contributed by atoms with Gasteiger partial charge in [-0.05, 0) is 84.1 Å². The van der Waals surface area contributed by atoms with Crippen molar-refractivity contribution in [3.8, 4) is 16.8 Å². The van der Waals surface area contributed by atoms with E-state index in [2.05, 4.69) is 162 Å². The SMILES string of the molecule is C1=CCCC(c2ccc3c(c2)c2cc(Nc4ccc5c(sc6ccccc65)c4-c4ccccc4)ccc2n3-c2ccccc2)=C1. The van der Waals surface area contributed by atoms with E-state index >= 15 is 0 Å². The fraction of sp³-hybridized carbons (Fsp3) is 0.0476. The Morgan fingerprint density at radius 1 is 0.600 bits per heavy atom. The predicted octanol–water partition coefficient (Wildman–Crippen LogP) is 12.3. The normalized spacial score (nSPS) is 13.2. The monoisotopic (exact) mass is 594 g/mol. The van der Waals surface area contributed by atoms with Crippen LogP contribution in [-0.2, 0) is 0 Å². The van der Waals surface area contributed by atoms with Gasteiger partial charge in [0, 0.05) is 53.6 Å². The number of allylic oxidation sites excluding steroid dienone is 4. The molecule has 2 heterocycles. The highest BCUT2D eigenvalue weighted by molar-refractivity contribution is 7.26. The van der Waals surface area contributed by atoms with E-state index in [0.29, 0.717) is 0 Å². The van der Waals surface area contributed by atoms with E-state index in [1.54, 1.807) is 0 Å². The third-order valence-corrected chi connectivity index (χ3v) is 10.3. The molecule has 0 unspecified atom stereocenters. The molecule has 0 saturated carbocycles. The molecule has 0 bridgehead atoms. The van der Waals surface area contributed by atoms with E-state index in [9.17, 15) is 0 Å². The maximum absolute atomic E-state index is 3.87. The molecule has 0 amide bonds. The summed E-state index contributed by atoms with van der Waals surface area (Å²) < 4.78 is 5.02. The number of aromatic nitrogens is 1. The fourth-order valence-corrected chi connectivity index (χ4v) is 8.21. The van der Waals surface area contributed by atoms with Crippen LogP contribution in [0.5, 0.6) is 0 Å². The quantitative estimate of drug-likeness (QED) is 0.210. The summed E-state index contributed by atoms with van der Waals surface area (Å²) in [4.78, 5) is 0. The van der Waals surface area contributed by atoms with Gasteiger partial charge in [0.15, 0.2) is 0 Å². The molecule has 1 aliphatic carbocycles. The maximum atomic E-state index is 3.87. The molecule has 2 aromatic heterocycles. The van der Waals surface area contributed by atoms with Gasteiger partial charge in [-0.15, -0.1) is 11.3 Å². The van der Waals surface area contributed by atoms with Crippen molar-refractivity contribution in [3.05, 3.63) is 157 Å². The average molecular weight is 595 g/mol. The van der Waals surface area contributed by atoms with E-state index in [4.69, 9.17) is 0 Å². The van der Waals surface area contributed by atoms with Crippen LogP contribution in [0, 0.1) is 0 Å². The number of hydrogen-bond donors (Lipinski definition) is 1. The van der Waals surface area contributed by atoms with E-state index in [1.165, 1.54) is 69.9 Å². The van der Waals surface area contributed by atoms with Gasteiger partial charge in [0.2, 0.25) is 0 Å². The van der Waals surface area contributed by atoms with Gasteiger partial charge in [0.25, 0.3) is 0 Å². The highest BCUT2D eigenvalue weighted by Crippen LogP contribution is 2.45. The number of anilines is 2. The molecule has 0 saturated heterocycles. The molecule has 9 rings (SSSR count). The second-order valence-corrected chi connectivity index (χ2v) is 12.8. The first-order valence-electron chi connectivity index (χ1n) is 15.6. The standard InChI is InChI=1S/C42H30N2S/c1-4-12-28(13-5-1)30-20-24-38-35(26-30)36-27-31(21-25-39(36)44(38)32-16-8-3-9-17-32)43-37-23-22-34-33-18-10-11-19-40(33)45-42(34)41(37)29-14-6-2-7-15-29/h1-4,6-12,14-27,43H,5,13H2. The Hall–Kier alpha value is -5.38. The van der Waals surface area contributed by atoms with E-state index < -0.39 is 0 Å². The lowest BCUT2D eigenvalue weighted by atomic mass is 9.96. The number of rotatable bonds is 5. The van der Waals surface area contributed by atoms with Crippen molar-refractivity contribution in [2.45, 2.75) is 12.8 Å². The third kappa shape index (κ3) is 4.39. The largest absolute Gasteiger partial charge is 0.355 e. The number of nitrogens with one attached hydrogen (secondary N) is 1. The van der Waals surface area contributed by atoms with Crippen molar-refractivity contribution in [3.63, 3.8) is 0 Å². The number of hydrogen-bond acceptors (Lipinski definition) is 2. The van der Waals surface area contributed by atoms with Crippen molar-refractivity contribution >= 4 is 70.3 Å². The molecule has 1 aliphatic rings. The number of nitrogens with zero attached hydrogens (tertiary/aromatic N) is 1. The van der Waals surface area contributed by atoms with Gasteiger partial charge in [-0.1, -0.05) is 97.1 Å². The minimum absolute atomic E-state index is 1.08. The zero-order chi connectivity index (χ0) is 29.7. The minimum atomic E-state index is 1.08. The van der Waals surface area contributed by atoms with Gasteiger partial charge in [0.05, 0.1) is 11.0 Å². The Balaban J connectivity index is 1.24. The molecule has 6 aromatic carbocycles. The Kier molecular flexibility index (Phi) is 6.17. The lowest BCUT2D eigenvalue weighted by Crippen LogP contribution is -1.95. The number of fused-ring (bicyclic) bond motifs is 6. The summed E-state index contributed by atoms with van der Waals surface area (Å²) >= 11 is 1.87. The second-order valence-electron chi connectivity index (χ2n) is 11.7. The van der Waals surface area contributed by atoms with Crippen LogP contribution in [0.3, 0.4) is 0 Å². The van der Waals surface area contributed by atoms with Crippen molar-refractivity contribution in [2.24, 2.45) is 0 Å². The Morgan fingerprint density at radius 3 is 2.18 bits per heavy atom.